The summed E-state index contributed by atoms with van der Waals surface area (Å²) < 4.78 is 14.8. The number of fused-ring (bicyclic) bond motifs is 3. The van der Waals surface area contributed by atoms with Crippen LogP contribution in [-0.2, 0) is 0 Å². The van der Waals surface area contributed by atoms with Gasteiger partial charge in [0.05, 0.1) is 12.2 Å². The number of halogens is 1. The Hall–Kier alpha value is -2.87. The third-order valence-electron chi connectivity index (χ3n) is 5.95. The van der Waals surface area contributed by atoms with Gasteiger partial charge in [0.25, 0.3) is 0 Å². The molecule has 4 atom stereocenters. The maximum absolute atomic E-state index is 14.8. The number of nitrogens with zero attached hydrogens (tertiary/aromatic N) is 5. The van der Waals surface area contributed by atoms with Gasteiger partial charge in [0.2, 0.25) is 5.95 Å². The zero-order chi connectivity index (χ0) is 19.3. The first-order valence-corrected chi connectivity index (χ1v) is 9.50. The minimum absolute atomic E-state index is 0.0819. The van der Waals surface area contributed by atoms with Crippen molar-refractivity contribution in [1.29, 1.82) is 0 Å². The first-order chi connectivity index (χ1) is 13.6. The number of phenolic OH excluding ortho intramolecular Hbond substituents is 1. The number of rotatable bonds is 3. The van der Waals surface area contributed by atoms with Gasteiger partial charge in [-0.3, -0.25) is 4.98 Å². The fraction of sp³-hybridized carbons (Fsp3) is 0.400. The van der Waals surface area contributed by atoms with E-state index >= 15 is 0 Å². The highest BCUT2D eigenvalue weighted by Crippen LogP contribution is 2.34. The van der Waals surface area contributed by atoms with Gasteiger partial charge in [0.15, 0.2) is 0 Å². The number of hydrogen-bond donors (Lipinski definition) is 2. The third kappa shape index (κ3) is 2.84. The summed E-state index contributed by atoms with van der Waals surface area (Å²) in [6, 6.07) is 5.34. The lowest BCUT2D eigenvalue weighted by atomic mass is 9.97. The Kier molecular flexibility index (Phi) is 4.08. The molecule has 144 valence electrons. The SMILES string of the molecule is CN(c1ncc(-c2cc3cnccc3cc2O)nn1)[C@H]1C[C@H]2CC[C@@H](N2)[C@H]1F. The van der Waals surface area contributed by atoms with Gasteiger partial charge in [-0.25, -0.2) is 9.37 Å². The quantitative estimate of drug-likeness (QED) is 0.722. The number of phenols is 1. The number of alkyl halides is 1. The molecule has 5 rings (SSSR count). The number of hydrogen-bond acceptors (Lipinski definition) is 7. The van der Waals surface area contributed by atoms with Crippen LogP contribution in [-0.4, -0.2) is 56.6 Å². The number of aromatic nitrogens is 4. The van der Waals surface area contributed by atoms with Crippen molar-refractivity contribution in [3.63, 3.8) is 0 Å². The van der Waals surface area contributed by atoms with Gasteiger partial charge in [0, 0.05) is 42.5 Å². The maximum atomic E-state index is 14.8. The van der Waals surface area contributed by atoms with E-state index in [4.69, 9.17) is 0 Å². The maximum Gasteiger partial charge on any atom is 0.245 e. The number of anilines is 1. The molecule has 3 aromatic rings. The highest BCUT2D eigenvalue weighted by Gasteiger charge is 2.44. The third-order valence-corrected chi connectivity index (χ3v) is 5.95. The first-order valence-electron chi connectivity index (χ1n) is 9.50. The van der Waals surface area contributed by atoms with Crippen LogP contribution < -0.4 is 10.2 Å². The fourth-order valence-corrected chi connectivity index (χ4v) is 4.38. The van der Waals surface area contributed by atoms with Crippen LogP contribution in [0.3, 0.4) is 0 Å². The molecule has 2 aliphatic heterocycles. The van der Waals surface area contributed by atoms with Gasteiger partial charge >= 0.3 is 0 Å². The monoisotopic (exact) mass is 380 g/mol. The smallest absolute Gasteiger partial charge is 0.245 e. The van der Waals surface area contributed by atoms with Crippen LogP contribution in [0.25, 0.3) is 22.0 Å². The molecule has 0 radical (unpaired) electrons. The summed E-state index contributed by atoms with van der Waals surface area (Å²) in [6.45, 7) is 0. The predicted octanol–water partition coefficient (Wildman–Crippen LogP) is 2.46. The van der Waals surface area contributed by atoms with Crippen molar-refractivity contribution in [2.24, 2.45) is 0 Å². The molecule has 2 saturated heterocycles. The second-order valence-electron chi connectivity index (χ2n) is 7.64. The largest absolute Gasteiger partial charge is 0.507 e. The lowest BCUT2D eigenvalue weighted by Crippen LogP contribution is -2.55. The van der Waals surface area contributed by atoms with Gasteiger partial charge in [-0.1, -0.05) is 0 Å². The average Bonchev–Trinajstić information content (AvgIpc) is 3.13. The van der Waals surface area contributed by atoms with E-state index in [1.165, 1.54) is 0 Å². The Morgan fingerprint density at radius 1 is 1.18 bits per heavy atom. The molecule has 2 N–H and O–H groups in total. The van der Waals surface area contributed by atoms with E-state index in [0.717, 1.165) is 30.0 Å². The van der Waals surface area contributed by atoms with Crippen LogP contribution in [0.2, 0.25) is 0 Å². The lowest BCUT2D eigenvalue weighted by molar-refractivity contribution is 0.175. The topological polar surface area (TPSA) is 87.1 Å². The van der Waals surface area contributed by atoms with Crippen molar-refractivity contribution in [3.8, 4) is 17.0 Å². The molecule has 0 amide bonds. The second-order valence-corrected chi connectivity index (χ2v) is 7.64. The molecule has 2 aromatic heterocycles. The van der Waals surface area contributed by atoms with E-state index in [0.29, 0.717) is 23.2 Å². The number of piperidine rings is 1. The van der Waals surface area contributed by atoms with E-state index in [1.54, 1.807) is 29.6 Å². The normalized spacial score (nSPS) is 26.5. The molecule has 2 aliphatic rings. The van der Waals surface area contributed by atoms with Crippen molar-refractivity contribution in [2.75, 3.05) is 11.9 Å². The van der Waals surface area contributed by atoms with E-state index in [9.17, 15) is 9.50 Å². The number of nitrogens with one attached hydrogen (secondary N) is 1. The summed E-state index contributed by atoms with van der Waals surface area (Å²) in [5.41, 5.74) is 1.00. The molecule has 0 saturated carbocycles. The number of benzene rings is 1. The molecule has 2 fully saturated rings. The standard InChI is InChI=1S/C20H21FN6O/c1-27(17-8-13-2-3-15(24-13)19(17)21)20-23-10-16(25-26-20)14-6-12-9-22-5-4-11(12)7-18(14)28/h4-7,9-10,13,15,17,19,24,28H,2-3,8H2,1H3/t13-,15-,17+,19-/m1/s1. The number of aromatic hydroxyl groups is 1. The molecular formula is C20H21FN6O. The lowest BCUT2D eigenvalue weighted by Gasteiger charge is -2.38. The van der Waals surface area contributed by atoms with Crippen LogP contribution >= 0.6 is 0 Å². The van der Waals surface area contributed by atoms with Crippen LogP contribution in [0.1, 0.15) is 19.3 Å². The van der Waals surface area contributed by atoms with Crippen molar-refractivity contribution in [1.82, 2.24) is 25.5 Å². The molecule has 0 unspecified atom stereocenters. The highest BCUT2D eigenvalue weighted by molar-refractivity contribution is 5.89. The minimum Gasteiger partial charge on any atom is -0.507 e. The van der Waals surface area contributed by atoms with Crippen LogP contribution in [0.5, 0.6) is 5.75 Å². The summed E-state index contributed by atoms with van der Waals surface area (Å²) in [4.78, 5) is 10.3. The Morgan fingerprint density at radius 3 is 2.89 bits per heavy atom. The molecule has 1 aromatic carbocycles. The van der Waals surface area contributed by atoms with E-state index < -0.39 is 6.17 Å². The summed E-state index contributed by atoms with van der Waals surface area (Å²) in [5.74, 6) is 0.495. The van der Waals surface area contributed by atoms with Gasteiger partial charge < -0.3 is 15.3 Å². The summed E-state index contributed by atoms with van der Waals surface area (Å²) in [5, 5.41) is 23.9. The van der Waals surface area contributed by atoms with Crippen molar-refractivity contribution in [3.05, 3.63) is 36.8 Å². The number of pyridine rings is 1. The molecule has 4 heterocycles. The van der Waals surface area contributed by atoms with Gasteiger partial charge in [0.1, 0.15) is 17.6 Å². The van der Waals surface area contributed by atoms with E-state index in [-0.39, 0.29) is 17.8 Å². The Labute approximate surface area is 161 Å². The predicted molar refractivity (Wildman–Crippen MR) is 104 cm³/mol. The van der Waals surface area contributed by atoms with Crippen LogP contribution in [0, 0.1) is 0 Å². The van der Waals surface area contributed by atoms with Crippen molar-refractivity contribution >= 4 is 16.7 Å². The Balaban J connectivity index is 1.42. The van der Waals surface area contributed by atoms with Crippen LogP contribution in [0.15, 0.2) is 36.8 Å². The average molecular weight is 380 g/mol. The summed E-state index contributed by atoms with van der Waals surface area (Å²) >= 11 is 0. The minimum atomic E-state index is -0.955. The van der Waals surface area contributed by atoms with Crippen molar-refractivity contribution in [2.45, 2.75) is 43.6 Å². The zero-order valence-corrected chi connectivity index (χ0v) is 15.5. The van der Waals surface area contributed by atoms with E-state index in [1.807, 2.05) is 19.2 Å². The summed E-state index contributed by atoms with van der Waals surface area (Å²) in [7, 11) is 1.82. The molecule has 7 nitrogen and oxygen atoms in total. The van der Waals surface area contributed by atoms with Gasteiger partial charge in [-0.15, -0.1) is 10.2 Å². The van der Waals surface area contributed by atoms with Gasteiger partial charge in [-0.2, -0.15) is 0 Å². The Bertz CT molecular complexity index is 1010. The highest BCUT2D eigenvalue weighted by atomic mass is 19.1. The first kappa shape index (κ1) is 17.2. The molecule has 8 heteroatoms. The molecule has 0 aliphatic carbocycles. The van der Waals surface area contributed by atoms with Crippen LogP contribution in [0.4, 0.5) is 10.3 Å². The van der Waals surface area contributed by atoms with Gasteiger partial charge in [-0.05, 0) is 42.8 Å². The van der Waals surface area contributed by atoms with Crippen molar-refractivity contribution < 1.29 is 9.50 Å². The molecule has 0 spiro atoms. The molecular weight excluding hydrogens is 359 g/mol. The second kappa shape index (κ2) is 6.63. The van der Waals surface area contributed by atoms with E-state index in [2.05, 4.69) is 25.5 Å². The zero-order valence-electron chi connectivity index (χ0n) is 15.5. The fourth-order valence-electron chi connectivity index (χ4n) is 4.38. The molecule has 28 heavy (non-hydrogen) atoms. The Morgan fingerprint density at radius 2 is 2.07 bits per heavy atom. The summed E-state index contributed by atoms with van der Waals surface area (Å²) in [6.07, 6.45) is 6.65. The molecule has 2 bridgehead atoms.